The molecule has 0 unspecified atom stereocenters. The minimum atomic E-state index is -0.304. The van der Waals surface area contributed by atoms with E-state index in [1.54, 1.807) is 12.1 Å². The second-order valence-electron chi connectivity index (χ2n) is 6.27. The van der Waals surface area contributed by atoms with Crippen LogP contribution in [0.15, 0.2) is 47.6 Å². The van der Waals surface area contributed by atoms with E-state index in [1.807, 2.05) is 35.8 Å². The lowest BCUT2D eigenvalue weighted by atomic mass is 10.2. The first-order valence-electron chi connectivity index (χ1n) is 9.36. The molecule has 2 aromatic carbocycles. The van der Waals surface area contributed by atoms with Crippen LogP contribution in [0.2, 0.25) is 5.02 Å². The Morgan fingerprint density at radius 3 is 2.57 bits per heavy atom. The Balaban J connectivity index is 1.74. The van der Waals surface area contributed by atoms with Crippen LogP contribution in [-0.2, 0) is 12.3 Å². The number of hydrogen-bond acceptors (Lipinski definition) is 4. The number of halogens is 2. The molecule has 0 N–H and O–H groups in total. The van der Waals surface area contributed by atoms with Gasteiger partial charge in [-0.2, -0.15) is 0 Å². The van der Waals surface area contributed by atoms with Crippen molar-refractivity contribution in [3.05, 3.63) is 58.9 Å². The Bertz CT molecular complexity index is 894. The zero-order chi connectivity index (χ0) is 19.9. The van der Waals surface area contributed by atoms with Crippen LogP contribution in [0, 0.1) is 5.82 Å². The van der Waals surface area contributed by atoms with Crippen molar-refractivity contribution in [2.45, 2.75) is 44.1 Å². The fraction of sp³-hybridized carbons (Fsp3) is 0.333. The highest BCUT2D eigenvalue weighted by atomic mass is 35.5. The van der Waals surface area contributed by atoms with E-state index in [0.717, 1.165) is 41.7 Å². The smallest absolute Gasteiger partial charge is 0.191 e. The summed E-state index contributed by atoms with van der Waals surface area (Å²) in [7, 11) is 0. The fourth-order valence-corrected chi connectivity index (χ4v) is 4.08. The first-order chi connectivity index (χ1) is 13.6. The molecular formula is C21H23ClFN3OS. The molecule has 0 amide bonds. The SMILES string of the molecule is CCCCOc1ccc(-c2nnc(SCc3c(F)cccc3Cl)n2CC)cc1. The normalized spacial score (nSPS) is 11.0. The summed E-state index contributed by atoms with van der Waals surface area (Å²) in [6, 6.07) is 12.6. The van der Waals surface area contributed by atoms with Crippen molar-refractivity contribution < 1.29 is 9.13 Å². The van der Waals surface area contributed by atoms with Crippen molar-refractivity contribution in [3.8, 4) is 17.1 Å². The molecule has 0 aliphatic heterocycles. The summed E-state index contributed by atoms with van der Waals surface area (Å²) < 4.78 is 21.7. The minimum Gasteiger partial charge on any atom is -0.494 e. The van der Waals surface area contributed by atoms with Crippen molar-refractivity contribution in [2.24, 2.45) is 0 Å². The van der Waals surface area contributed by atoms with Crippen molar-refractivity contribution in [2.75, 3.05) is 6.61 Å². The quantitative estimate of drug-likeness (QED) is 0.304. The van der Waals surface area contributed by atoms with Gasteiger partial charge in [-0.25, -0.2) is 4.39 Å². The van der Waals surface area contributed by atoms with E-state index in [0.29, 0.717) is 22.9 Å². The zero-order valence-corrected chi connectivity index (χ0v) is 17.6. The molecule has 4 nitrogen and oxygen atoms in total. The third-order valence-electron chi connectivity index (χ3n) is 4.32. The highest BCUT2D eigenvalue weighted by Crippen LogP contribution is 2.30. The Hall–Kier alpha value is -2.05. The summed E-state index contributed by atoms with van der Waals surface area (Å²) in [5.74, 6) is 1.73. The van der Waals surface area contributed by atoms with Gasteiger partial charge >= 0.3 is 0 Å². The predicted molar refractivity (Wildman–Crippen MR) is 113 cm³/mol. The molecule has 7 heteroatoms. The van der Waals surface area contributed by atoms with Gasteiger partial charge in [0, 0.05) is 28.4 Å². The Kier molecular flexibility index (Phi) is 7.34. The number of aromatic nitrogens is 3. The van der Waals surface area contributed by atoms with Crippen LogP contribution in [0.1, 0.15) is 32.3 Å². The molecule has 0 saturated carbocycles. The van der Waals surface area contributed by atoms with Crippen molar-refractivity contribution in [1.82, 2.24) is 14.8 Å². The van der Waals surface area contributed by atoms with Crippen LogP contribution < -0.4 is 4.74 Å². The van der Waals surface area contributed by atoms with Gasteiger partial charge < -0.3 is 9.30 Å². The summed E-state index contributed by atoms with van der Waals surface area (Å²) in [6.07, 6.45) is 2.15. The van der Waals surface area contributed by atoms with E-state index >= 15 is 0 Å². The average molecular weight is 420 g/mol. The molecule has 3 aromatic rings. The summed E-state index contributed by atoms with van der Waals surface area (Å²) in [5, 5.41) is 9.81. The monoisotopic (exact) mass is 419 g/mol. The molecule has 0 bridgehead atoms. The van der Waals surface area contributed by atoms with Crippen LogP contribution in [-0.4, -0.2) is 21.4 Å². The maximum atomic E-state index is 14.0. The van der Waals surface area contributed by atoms with Gasteiger partial charge in [-0.15, -0.1) is 10.2 Å². The van der Waals surface area contributed by atoms with Gasteiger partial charge in [0.25, 0.3) is 0 Å². The van der Waals surface area contributed by atoms with Crippen LogP contribution >= 0.6 is 23.4 Å². The standard InChI is InChI=1S/C21H23ClFN3OS/c1-3-5-13-27-16-11-9-15(10-12-16)20-24-25-21(26(20)4-2)28-14-17-18(22)7-6-8-19(17)23/h6-12H,3-5,13-14H2,1-2H3. The maximum absolute atomic E-state index is 14.0. The highest BCUT2D eigenvalue weighted by molar-refractivity contribution is 7.98. The van der Waals surface area contributed by atoms with Gasteiger partial charge in [0.15, 0.2) is 11.0 Å². The maximum Gasteiger partial charge on any atom is 0.191 e. The predicted octanol–water partition coefficient (Wildman–Crippen LogP) is 6.23. The number of unbranched alkanes of at least 4 members (excludes halogenated alkanes) is 1. The molecule has 0 atom stereocenters. The van der Waals surface area contributed by atoms with Crippen molar-refractivity contribution in [3.63, 3.8) is 0 Å². The third-order valence-corrected chi connectivity index (χ3v) is 5.67. The number of rotatable bonds is 9. The number of hydrogen-bond donors (Lipinski definition) is 0. The Morgan fingerprint density at radius 1 is 1.11 bits per heavy atom. The molecule has 0 aliphatic rings. The van der Waals surface area contributed by atoms with Gasteiger partial charge in [-0.1, -0.05) is 42.8 Å². The minimum absolute atomic E-state index is 0.304. The summed E-state index contributed by atoms with van der Waals surface area (Å²) in [4.78, 5) is 0. The van der Waals surface area contributed by atoms with Crippen LogP contribution in [0.5, 0.6) is 5.75 Å². The third kappa shape index (κ3) is 4.86. The molecule has 0 spiro atoms. The molecule has 1 aromatic heterocycles. The fourth-order valence-electron chi connectivity index (χ4n) is 2.74. The summed E-state index contributed by atoms with van der Waals surface area (Å²) in [5.41, 5.74) is 1.45. The Morgan fingerprint density at radius 2 is 1.89 bits per heavy atom. The van der Waals surface area contributed by atoms with Gasteiger partial charge in [-0.05, 0) is 49.7 Å². The van der Waals surface area contributed by atoms with E-state index in [-0.39, 0.29) is 5.82 Å². The van der Waals surface area contributed by atoms with E-state index in [9.17, 15) is 4.39 Å². The average Bonchev–Trinajstić information content (AvgIpc) is 3.11. The van der Waals surface area contributed by atoms with E-state index in [1.165, 1.54) is 17.8 Å². The molecule has 3 rings (SSSR count). The summed E-state index contributed by atoms with van der Waals surface area (Å²) in [6.45, 7) is 5.61. The topological polar surface area (TPSA) is 39.9 Å². The number of benzene rings is 2. The Labute approximate surface area is 174 Å². The first-order valence-corrected chi connectivity index (χ1v) is 10.7. The van der Waals surface area contributed by atoms with E-state index in [4.69, 9.17) is 16.3 Å². The molecule has 0 fully saturated rings. The lowest BCUT2D eigenvalue weighted by molar-refractivity contribution is 0.309. The molecule has 0 saturated heterocycles. The molecule has 0 radical (unpaired) electrons. The molecule has 1 heterocycles. The molecule has 148 valence electrons. The van der Waals surface area contributed by atoms with E-state index < -0.39 is 0 Å². The molecule has 28 heavy (non-hydrogen) atoms. The second-order valence-corrected chi connectivity index (χ2v) is 7.62. The molecule has 0 aliphatic carbocycles. The number of nitrogens with zero attached hydrogens (tertiary/aromatic N) is 3. The largest absolute Gasteiger partial charge is 0.494 e. The van der Waals surface area contributed by atoms with E-state index in [2.05, 4.69) is 17.1 Å². The van der Waals surface area contributed by atoms with Gasteiger partial charge in [0.05, 0.1) is 6.61 Å². The second kappa shape index (κ2) is 9.94. The lowest BCUT2D eigenvalue weighted by Crippen LogP contribution is -2.01. The van der Waals surface area contributed by atoms with Crippen LogP contribution in [0.4, 0.5) is 4.39 Å². The van der Waals surface area contributed by atoms with Crippen LogP contribution in [0.25, 0.3) is 11.4 Å². The zero-order valence-electron chi connectivity index (χ0n) is 16.0. The summed E-state index contributed by atoms with van der Waals surface area (Å²) >= 11 is 7.55. The number of thioether (sulfide) groups is 1. The highest BCUT2D eigenvalue weighted by Gasteiger charge is 2.15. The van der Waals surface area contributed by atoms with Crippen LogP contribution in [0.3, 0.4) is 0 Å². The number of ether oxygens (including phenoxy) is 1. The van der Waals surface area contributed by atoms with Gasteiger partial charge in [0.2, 0.25) is 0 Å². The molecular weight excluding hydrogens is 397 g/mol. The first kappa shape index (κ1) is 20.7. The van der Waals surface area contributed by atoms with Crippen molar-refractivity contribution >= 4 is 23.4 Å². The van der Waals surface area contributed by atoms with Gasteiger partial charge in [-0.3, -0.25) is 0 Å². The lowest BCUT2D eigenvalue weighted by Gasteiger charge is -2.09. The van der Waals surface area contributed by atoms with Gasteiger partial charge in [0.1, 0.15) is 11.6 Å². The van der Waals surface area contributed by atoms with Crippen molar-refractivity contribution in [1.29, 1.82) is 0 Å².